The zero-order chi connectivity index (χ0) is 14.2. The second-order valence-corrected chi connectivity index (χ2v) is 5.39. The molecule has 2 aromatic carbocycles. The summed E-state index contributed by atoms with van der Waals surface area (Å²) in [6, 6.07) is 21.6. The minimum absolute atomic E-state index is 1.04. The maximum atomic E-state index is 2.26. The van der Waals surface area contributed by atoms with Gasteiger partial charge in [-0.1, -0.05) is 55.5 Å². The first-order chi connectivity index (χ1) is 10.4. The van der Waals surface area contributed by atoms with E-state index >= 15 is 0 Å². The van der Waals surface area contributed by atoms with Gasteiger partial charge in [-0.2, -0.15) is 0 Å². The third-order valence-corrected chi connectivity index (χ3v) is 4.23. The molecule has 2 aromatic heterocycles. The van der Waals surface area contributed by atoms with E-state index < -0.39 is 0 Å². The van der Waals surface area contributed by atoms with Crippen molar-refractivity contribution in [3.05, 3.63) is 78.6 Å². The van der Waals surface area contributed by atoms with E-state index in [2.05, 4.69) is 84.4 Å². The molecule has 0 bridgehead atoms. The summed E-state index contributed by atoms with van der Waals surface area (Å²) in [6.07, 6.45) is 5.43. The quantitative estimate of drug-likeness (QED) is 0.464. The van der Waals surface area contributed by atoms with Crippen LogP contribution in [0.2, 0.25) is 0 Å². The molecule has 0 aliphatic carbocycles. The van der Waals surface area contributed by atoms with Gasteiger partial charge in [-0.05, 0) is 40.5 Å². The van der Waals surface area contributed by atoms with Crippen LogP contribution < -0.4 is 0 Å². The van der Waals surface area contributed by atoms with E-state index in [0.717, 1.165) is 6.42 Å². The van der Waals surface area contributed by atoms with Crippen LogP contribution in [0, 0.1) is 0 Å². The molecule has 0 saturated heterocycles. The molecule has 1 heteroatoms. The standard InChI is InChI=1S/C20H17N/c1-2-16-19(14-21-13-6-5-12-20(16)21)18-11-7-9-15-8-3-4-10-17(15)18/h3-14H,2H2,1H3. The number of aryl methyl sites for hydroxylation is 1. The molecular formula is C20H17N. The monoisotopic (exact) mass is 271 g/mol. The predicted molar refractivity (Wildman–Crippen MR) is 89.7 cm³/mol. The topological polar surface area (TPSA) is 4.41 Å². The van der Waals surface area contributed by atoms with Gasteiger partial charge in [0.2, 0.25) is 0 Å². The largest absolute Gasteiger partial charge is 0.323 e. The fourth-order valence-electron chi connectivity index (χ4n) is 3.24. The van der Waals surface area contributed by atoms with Crippen LogP contribution in [0.3, 0.4) is 0 Å². The van der Waals surface area contributed by atoms with Gasteiger partial charge in [0.25, 0.3) is 0 Å². The van der Waals surface area contributed by atoms with Crippen molar-refractivity contribution in [2.45, 2.75) is 13.3 Å². The molecule has 0 fully saturated rings. The highest BCUT2D eigenvalue weighted by Gasteiger charge is 2.12. The SMILES string of the molecule is CCc1c(-c2cccc3ccccc23)cn2ccccc12. The molecule has 4 aromatic rings. The maximum Gasteiger partial charge on any atom is 0.0488 e. The molecule has 2 heterocycles. The Morgan fingerprint density at radius 2 is 1.62 bits per heavy atom. The number of hydrogen-bond acceptors (Lipinski definition) is 0. The Morgan fingerprint density at radius 3 is 2.52 bits per heavy atom. The minimum Gasteiger partial charge on any atom is -0.323 e. The van der Waals surface area contributed by atoms with E-state index in [-0.39, 0.29) is 0 Å². The van der Waals surface area contributed by atoms with Crippen LogP contribution in [0.1, 0.15) is 12.5 Å². The molecular weight excluding hydrogens is 254 g/mol. The van der Waals surface area contributed by atoms with Gasteiger partial charge in [-0.3, -0.25) is 0 Å². The van der Waals surface area contributed by atoms with Gasteiger partial charge in [-0.25, -0.2) is 0 Å². The third-order valence-electron chi connectivity index (χ3n) is 4.23. The Kier molecular flexibility index (Phi) is 2.78. The van der Waals surface area contributed by atoms with Gasteiger partial charge in [0.1, 0.15) is 0 Å². The molecule has 0 aliphatic rings. The molecule has 4 rings (SSSR count). The summed E-state index contributed by atoms with van der Waals surface area (Å²) in [7, 11) is 0. The first-order valence-corrected chi connectivity index (χ1v) is 7.45. The summed E-state index contributed by atoms with van der Waals surface area (Å²) in [6.45, 7) is 2.23. The fourth-order valence-corrected chi connectivity index (χ4v) is 3.24. The zero-order valence-electron chi connectivity index (χ0n) is 12.1. The van der Waals surface area contributed by atoms with Gasteiger partial charge < -0.3 is 4.40 Å². The van der Waals surface area contributed by atoms with Gasteiger partial charge in [0.05, 0.1) is 0 Å². The van der Waals surface area contributed by atoms with Crippen LogP contribution in [-0.4, -0.2) is 4.40 Å². The minimum atomic E-state index is 1.04. The highest BCUT2D eigenvalue weighted by atomic mass is 14.9. The summed E-state index contributed by atoms with van der Waals surface area (Å²) in [5.74, 6) is 0. The average Bonchev–Trinajstić information content (AvgIpc) is 2.92. The molecule has 21 heavy (non-hydrogen) atoms. The molecule has 102 valence electrons. The molecule has 0 unspecified atom stereocenters. The lowest BCUT2D eigenvalue weighted by Crippen LogP contribution is -1.85. The normalized spacial score (nSPS) is 11.3. The lowest BCUT2D eigenvalue weighted by molar-refractivity contribution is 1.15. The molecule has 0 spiro atoms. The summed E-state index contributed by atoms with van der Waals surface area (Å²) >= 11 is 0. The maximum absolute atomic E-state index is 2.26. The molecule has 0 N–H and O–H groups in total. The highest BCUT2D eigenvalue weighted by molar-refractivity contribution is 5.98. The van der Waals surface area contributed by atoms with E-state index in [1.54, 1.807) is 0 Å². The van der Waals surface area contributed by atoms with Crippen LogP contribution >= 0.6 is 0 Å². The van der Waals surface area contributed by atoms with E-state index in [1.807, 2.05) is 0 Å². The Bertz CT molecular complexity index is 926. The van der Waals surface area contributed by atoms with E-state index in [4.69, 9.17) is 0 Å². The van der Waals surface area contributed by atoms with E-state index in [9.17, 15) is 0 Å². The molecule has 0 aliphatic heterocycles. The average molecular weight is 271 g/mol. The lowest BCUT2D eigenvalue weighted by atomic mass is 9.96. The smallest absolute Gasteiger partial charge is 0.0488 e. The molecule has 0 saturated carbocycles. The number of aromatic nitrogens is 1. The Labute approximate surface area is 124 Å². The highest BCUT2D eigenvalue weighted by Crippen LogP contribution is 2.34. The summed E-state index contributed by atoms with van der Waals surface area (Å²) in [4.78, 5) is 0. The van der Waals surface area contributed by atoms with Gasteiger partial charge in [0, 0.05) is 23.5 Å². The van der Waals surface area contributed by atoms with Crippen molar-refractivity contribution in [2.24, 2.45) is 0 Å². The summed E-state index contributed by atoms with van der Waals surface area (Å²) < 4.78 is 2.23. The number of fused-ring (bicyclic) bond motifs is 2. The first kappa shape index (κ1) is 12.2. The molecule has 0 radical (unpaired) electrons. The van der Waals surface area contributed by atoms with Crippen molar-refractivity contribution in [3.63, 3.8) is 0 Å². The van der Waals surface area contributed by atoms with Gasteiger partial charge in [-0.15, -0.1) is 0 Å². The zero-order valence-corrected chi connectivity index (χ0v) is 12.1. The fraction of sp³-hybridized carbons (Fsp3) is 0.100. The number of hydrogen-bond donors (Lipinski definition) is 0. The van der Waals surface area contributed by atoms with Gasteiger partial charge >= 0.3 is 0 Å². The van der Waals surface area contributed by atoms with Crippen molar-refractivity contribution < 1.29 is 0 Å². The van der Waals surface area contributed by atoms with Crippen LogP contribution in [0.5, 0.6) is 0 Å². The van der Waals surface area contributed by atoms with Crippen LogP contribution in [0.15, 0.2) is 73.1 Å². The Balaban J connectivity index is 2.09. The number of rotatable bonds is 2. The number of benzene rings is 2. The predicted octanol–water partition coefficient (Wildman–Crippen LogP) is 5.32. The van der Waals surface area contributed by atoms with Crippen molar-refractivity contribution in [1.29, 1.82) is 0 Å². The second-order valence-electron chi connectivity index (χ2n) is 5.39. The number of nitrogens with zero attached hydrogens (tertiary/aromatic N) is 1. The van der Waals surface area contributed by atoms with E-state index in [1.165, 1.54) is 33.0 Å². The van der Waals surface area contributed by atoms with Crippen LogP contribution in [0.25, 0.3) is 27.4 Å². The van der Waals surface area contributed by atoms with Gasteiger partial charge in [0.15, 0.2) is 0 Å². The molecule has 0 atom stereocenters. The number of pyridine rings is 1. The van der Waals surface area contributed by atoms with Crippen molar-refractivity contribution in [2.75, 3.05) is 0 Å². The van der Waals surface area contributed by atoms with Crippen molar-refractivity contribution in [1.82, 2.24) is 4.40 Å². The van der Waals surface area contributed by atoms with Crippen molar-refractivity contribution in [3.8, 4) is 11.1 Å². The van der Waals surface area contributed by atoms with Crippen molar-refractivity contribution >= 4 is 16.3 Å². The summed E-state index contributed by atoms with van der Waals surface area (Å²) in [5.41, 5.74) is 5.41. The third kappa shape index (κ3) is 1.85. The second kappa shape index (κ2) is 4.78. The first-order valence-electron chi connectivity index (χ1n) is 7.45. The molecule has 1 nitrogen and oxygen atoms in total. The summed E-state index contributed by atoms with van der Waals surface area (Å²) in [5, 5.41) is 2.62. The van der Waals surface area contributed by atoms with E-state index in [0.29, 0.717) is 0 Å². The van der Waals surface area contributed by atoms with Crippen LogP contribution in [0.4, 0.5) is 0 Å². The molecule has 0 amide bonds. The Morgan fingerprint density at radius 1 is 0.810 bits per heavy atom. The lowest BCUT2D eigenvalue weighted by Gasteiger charge is -2.07. The van der Waals surface area contributed by atoms with Crippen LogP contribution in [-0.2, 0) is 6.42 Å². The Hall–Kier alpha value is -2.54.